The van der Waals surface area contributed by atoms with Crippen LogP contribution in [0.2, 0.25) is 19.1 Å². The van der Waals surface area contributed by atoms with Gasteiger partial charge in [-0.15, -0.1) is 13.2 Å². The maximum absolute atomic E-state index is 3.96. The van der Waals surface area contributed by atoms with Gasteiger partial charge >= 0.3 is 0 Å². The number of allylic oxidation sites excluding steroid dienone is 4. The van der Waals surface area contributed by atoms with Crippen molar-refractivity contribution in [3.63, 3.8) is 0 Å². The van der Waals surface area contributed by atoms with E-state index in [9.17, 15) is 0 Å². The van der Waals surface area contributed by atoms with Crippen molar-refractivity contribution >= 4 is 13.6 Å². The van der Waals surface area contributed by atoms with Crippen molar-refractivity contribution in [3.8, 4) is 0 Å². The minimum atomic E-state index is -1.33. The largest absolute Gasteiger partial charge is 0.103 e. The van der Waals surface area contributed by atoms with Gasteiger partial charge in [-0.1, -0.05) is 55.6 Å². The van der Waals surface area contributed by atoms with Gasteiger partial charge in [-0.25, -0.2) is 0 Å². The summed E-state index contributed by atoms with van der Waals surface area (Å²) in [5, 5.41) is 0. The van der Waals surface area contributed by atoms with Crippen molar-refractivity contribution in [1.82, 2.24) is 0 Å². The summed E-state index contributed by atoms with van der Waals surface area (Å²) in [4.78, 5) is 0. The molecule has 0 radical (unpaired) electrons. The predicted octanol–water partition coefficient (Wildman–Crippen LogP) is 5.96. The third kappa shape index (κ3) is 3.04. The highest BCUT2D eigenvalue weighted by molar-refractivity contribution is 6.79. The minimum absolute atomic E-state index is 0.649. The molecule has 0 nitrogen and oxygen atoms in total. The Morgan fingerprint density at radius 1 is 1.15 bits per heavy atom. The number of hydrogen-bond donors (Lipinski definition) is 0. The van der Waals surface area contributed by atoms with E-state index in [0.717, 1.165) is 6.42 Å². The summed E-state index contributed by atoms with van der Waals surface area (Å²) in [7, 11) is -1.33. The summed E-state index contributed by atoms with van der Waals surface area (Å²) in [5.41, 5.74) is 5.25. The Balaban J connectivity index is 2.29. The average molecular weight is 283 g/mol. The van der Waals surface area contributed by atoms with Gasteiger partial charge in [0.1, 0.15) is 0 Å². The molecule has 0 saturated carbocycles. The molecule has 0 N–H and O–H groups in total. The molecule has 1 aliphatic carbocycles. The highest BCUT2D eigenvalue weighted by atomic mass is 28.3. The van der Waals surface area contributed by atoms with Crippen LogP contribution in [0.25, 0.3) is 5.57 Å². The second kappa shape index (κ2) is 6.40. The zero-order valence-electron chi connectivity index (χ0n) is 12.9. The third-order valence-electron chi connectivity index (χ3n) is 4.38. The van der Waals surface area contributed by atoms with Gasteiger partial charge in [0.2, 0.25) is 0 Å². The van der Waals surface area contributed by atoms with Crippen molar-refractivity contribution in [3.05, 3.63) is 66.8 Å². The van der Waals surface area contributed by atoms with E-state index in [0.29, 0.717) is 5.54 Å². The molecule has 0 aromatic heterocycles. The predicted molar refractivity (Wildman–Crippen MR) is 93.7 cm³/mol. The Morgan fingerprint density at radius 3 is 2.60 bits per heavy atom. The van der Waals surface area contributed by atoms with Crippen molar-refractivity contribution in [2.24, 2.45) is 0 Å². The molecule has 0 fully saturated rings. The lowest BCUT2D eigenvalue weighted by atomic mass is 10.0. The molecule has 1 aromatic rings. The molecule has 0 spiro atoms. The molecule has 1 aliphatic rings. The first-order valence-electron chi connectivity index (χ1n) is 7.62. The van der Waals surface area contributed by atoms with E-state index in [1.165, 1.54) is 24.4 Å². The first kappa shape index (κ1) is 15.1. The third-order valence-corrected chi connectivity index (χ3v) is 7.88. The molecule has 20 heavy (non-hydrogen) atoms. The second-order valence-corrected chi connectivity index (χ2v) is 11.4. The smallest absolute Gasteiger partial charge is 0.0633 e. The highest BCUT2D eigenvalue weighted by Gasteiger charge is 2.35. The highest BCUT2D eigenvalue weighted by Crippen LogP contribution is 2.44. The van der Waals surface area contributed by atoms with Crippen LogP contribution >= 0.6 is 0 Å². The van der Waals surface area contributed by atoms with Crippen LogP contribution in [0.15, 0.2) is 55.7 Å². The Kier molecular flexibility index (Phi) is 4.82. The van der Waals surface area contributed by atoms with E-state index < -0.39 is 8.07 Å². The maximum atomic E-state index is 3.96. The van der Waals surface area contributed by atoms with Gasteiger partial charge in [0, 0.05) is 0 Å². The zero-order chi connectivity index (χ0) is 14.6. The summed E-state index contributed by atoms with van der Waals surface area (Å²) in [6.07, 6.45) is 10.2. The number of fused-ring (bicyclic) bond motifs is 1. The lowest BCUT2D eigenvalue weighted by Gasteiger charge is -2.28. The monoisotopic (exact) mass is 282 g/mol. The fourth-order valence-electron chi connectivity index (χ4n) is 3.24. The van der Waals surface area contributed by atoms with E-state index in [2.05, 4.69) is 62.7 Å². The number of rotatable bonds is 7. The average Bonchev–Trinajstić information content (AvgIpc) is 2.79. The maximum Gasteiger partial charge on any atom is 0.0633 e. The fourth-order valence-corrected chi connectivity index (χ4v) is 5.99. The van der Waals surface area contributed by atoms with Crippen LogP contribution < -0.4 is 0 Å². The summed E-state index contributed by atoms with van der Waals surface area (Å²) < 4.78 is 0. The lowest BCUT2D eigenvalue weighted by Crippen LogP contribution is -2.32. The molecule has 1 aromatic carbocycles. The zero-order valence-corrected chi connectivity index (χ0v) is 13.9. The minimum Gasteiger partial charge on any atom is -0.103 e. The normalized spacial score (nSPS) is 17.5. The van der Waals surface area contributed by atoms with Gasteiger partial charge in [0.25, 0.3) is 0 Å². The van der Waals surface area contributed by atoms with Gasteiger partial charge in [-0.2, -0.15) is 0 Å². The van der Waals surface area contributed by atoms with Crippen LogP contribution in [0.5, 0.6) is 0 Å². The molecular formula is C19H26Si. The molecule has 0 saturated heterocycles. The second-order valence-electron chi connectivity index (χ2n) is 6.42. The van der Waals surface area contributed by atoms with Gasteiger partial charge < -0.3 is 0 Å². The topological polar surface area (TPSA) is 0 Å². The first-order chi connectivity index (χ1) is 9.60. The van der Waals surface area contributed by atoms with Crippen molar-refractivity contribution in [1.29, 1.82) is 0 Å². The molecular weight excluding hydrogens is 256 g/mol. The van der Waals surface area contributed by atoms with Gasteiger partial charge in [-0.3, -0.25) is 0 Å². The van der Waals surface area contributed by atoms with E-state index in [-0.39, 0.29) is 0 Å². The molecule has 1 unspecified atom stereocenters. The molecule has 2 rings (SSSR count). The van der Waals surface area contributed by atoms with Crippen LogP contribution in [-0.2, 0) is 0 Å². The Hall–Kier alpha value is -1.34. The molecule has 1 heteroatoms. The van der Waals surface area contributed by atoms with Crippen LogP contribution in [-0.4, -0.2) is 8.07 Å². The Bertz CT molecular complexity index is 522. The first-order valence-corrected chi connectivity index (χ1v) is 10.9. The molecule has 0 aliphatic heterocycles. The summed E-state index contributed by atoms with van der Waals surface area (Å²) >= 11 is 0. The molecule has 1 atom stereocenters. The van der Waals surface area contributed by atoms with Gasteiger partial charge in [0.05, 0.1) is 8.07 Å². The summed E-state index contributed by atoms with van der Waals surface area (Å²) in [6.45, 7) is 12.8. The molecule has 0 amide bonds. The molecule has 0 bridgehead atoms. The van der Waals surface area contributed by atoms with E-state index in [1.54, 1.807) is 11.1 Å². The van der Waals surface area contributed by atoms with Gasteiger partial charge in [0.15, 0.2) is 0 Å². The standard InChI is InChI=1S/C19H26Si/c1-5-7-8-11-16-15-19(20(3,4)14-6-2)18-13-10-9-12-17(16)18/h5-6,9-10,12-13,15,19H,1-2,7-8,11,14H2,3-4H3. The fraction of sp³-hybridized carbons (Fsp3) is 0.368. The number of hydrogen-bond acceptors (Lipinski definition) is 0. The lowest BCUT2D eigenvalue weighted by molar-refractivity contribution is 0.882. The van der Waals surface area contributed by atoms with E-state index in [4.69, 9.17) is 0 Å². The SMILES string of the molecule is C=CCCCC1=CC([Si](C)(C)CC=C)c2ccccc21. The van der Waals surface area contributed by atoms with Crippen LogP contribution in [0, 0.1) is 0 Å². The van der Waals surface area contributed by atoms with E-state index in [1.807, 2.05) is 6.08 Å². The molecule has 0 heterocycles. The number of benzene rings is 1. The van der Waals surface area contributed by atoms with Crippen molar-refractivity contribution in [2.45, 2.75) is 43.9 Å². The van der Waals surface area contributed by atoms with Crippen LogP contribution in [0.1, 0.15) is 35.9 Å². The van der Waals surface area contributed by atoms with Crippen LogP contribution in [0.4, 0.5) is 0 Å². The number of unbranched alkanes of at least 4 members (excludes halogenated alkanes) is 1. The van der Waals surface area contributed by atoms with Gasteiger partial charge in [-0.05, 0) is 47.5 Å². The Morgan fingerprint density at radius 2 is 1.90 bits per heavy atom. The van der Waals surface area contributed by atoms with Crippen molar-refractivity contribution in [2.75, 3.05) is 0 Å². The summed E-state index contributed by atoms with van der Waals surface area (Å²) in [6, 6.07) is 10.2. The Labute approximate surface area is 124 Å². The summed E-state index contributed by atoms with van der Waals surface area (Å²) in [5.74, 6) is 0. The quantitative estimate of drug-likeness (QED) is 0.329. The van der Waals surface area contributed by atoms with Crippen molar-refractivity contribution < 1.29 is 0 Å². The van der Waals surface area contributed by atoms with Crippen LogP contribution in [0.3, 0.4) is 0 Å². The van der Waals surface area contributed by atoms with E-state index >= 15 is 0 Å². The molecule has 106 valence electrons.